The minimum absolute atomic E-state index is 0.214. The number of aliphatic hydroxyl groups excluding tert-OH is 1. The van der Waals surface area contributed by atoms with Gasteiger partial charge in [0.2, 0.25) is 0 Å². The van der Waals surface area contributed by atoms with Crippen molar-refractivity contribution in [1.82, 2.24) is 4.98 Å². The standard InChI is InChI=1S/C10H17N3O/c1-2-13(6-3-7-14)10-5-4-9(11)8-12-10/h4-5,8,14H,2-3,6-7,11H2,1H3. The molecule has 0 saturated carbocycles. The van der Waals surface area contributed by atoms with Crippen molar-refractivity contribution in [3.63, 3.8) is 0 Å². The van der Waals surface area contributed by atoms with E-state index in [0.717, 1.165) is 25.3 Å². The Kier molecular flexibility index (Phi) is 4.19. The lowest BCUT2D eigenvalue weighted by atomic mass is 10.3. The Morgan fingerprint density at radius 1 is 1.50 bits per heavy atom. The van der Waals surface area contributed by atoms with E-state index in [4.69, 9.17) is 10.8 Å². The van der Waals surface area contributed by atoms with Crippen LogP contribution >= 0.6 is 0 Å². The number of anilines is 2. The van der Waals surface area contributed by atoms with Gasteiger partial charge in [-0.2, -0.15) is 0 Å². The van der Waals surface area contributed by atoms with Crippen molar-refractivity contribution in [3.05, 3.63) is 18.3 Å². The van der Waals surface area contributed by atoms with Crippen LogP contribution in [0, 0.1) is 0 Å². The van der Waals surface area contributed by atoms with Gasteiger partial charge >= 0.3 is 0 Å². The van der Waals surface area contributed by atoms with Crippen molar-refractivity contribution in [2.24, 2.45) is 0 Å². The molecule has 14 heavy (non-hydrogen) atoms. The first kappa shape index (κ1) is 10.8. The van der Waals surface area contributed by atoms with Crippen LogP contribution in [-0.4, -0.2) is 29.8 Å². The van der Waals surface area contributed by atoms with Gasteiger partial charge in [0, 0.05) is 19.7 Å². The molecule has 0 aliphatic heterocycles. The zero-order chi connectivity index (χ0) is 10.4. The van der Waals surface area contributed by atoms with Gasteiger partial charge in [-0.05, 0) is 25.5 Å². The second-order valence-electron chi connectivity index (χ2n) is 3.11. The fourth-order valence-corrected chi connectivity index (χ4v) is 1.28. The largest absolute Gasteiger partial charge is 0.397 e. The fraction of sp³-hybridized carbons (Fsp3) is 0.500. The maximum absolute atomic E-state index is 8.73. The Morgan fingerprint density at radius 3 is 2.79 bits per heavy atom. The van der Waals surface area contributed by atoms with E-state index in [1.807, 2.05) is 12.1 Å². The van der Waals surface area contributed by atoms with Crippen molar-refractivity contribution in [2.45, 2.75) is 13.3 Å². The topological polar surface area (TPSA) is 62.4 Å². The summed E-state index contributed by atoms with van der Waals surface area (Å²) in [5.41, 5.74) is 6.22. The van der Waals surface area contributed by atoms with Gasteiger partial charge in [-0.25, -0.2) is 4.98 Å². The number of rotatable bonds is 5. The molecule has 0 fully saturated rings. The van der Waals surface area contributed by atoms with Crippen LogP contribution in [0.1, 0.15) is 13.3 Å². The highest BCUT2D eigenvalue weighted by molar-refractivity contribution is 5.45. The molecule has 0 bridgehead atoms. The molecule has 1 rings (SSSR count). The fourth-order valence-electron chi connectivity index (χ4n) is 1.28. The molecule has 0 aliphatic carbocycles. The van der Waals surface area contributed by atoms with E-state index in [-0.39, 0.29) is 6.61 Å². The molecule has 0 atom stereocenters. The normalized spacial score (nSPS) is 10.1. The van der Waals surface area contributed by atoms with Gasteiger partial charge in [0.25, 0.3) is 0 Å². The Morgan fingerprint density at radius 2 is 2.29 bits per heavy atom. The average Bonchev–Trinajstić information content (AvgIpc) is 2.21. The van der Waals surface area contributed by atoms with Gasteiger partial charge in [0.05, 0.1) is 11.9 Å². The molecule has 1 aromatic heterocycles. The lowest BCUT2D eigenvalue weighted by Crippen LogP contribution is -2.25. The number of nitrogens with zero attached hydrogens (tertiary/aromatic N) is 2. The van der Waals surface area contributed by atoms with Crippen molar-refractivity contribution in [3.8, 4) is 0 Å². The zero-order valence-corrected chi connectivity index (χ0v) is 8.48. The third-order valence-corrected chi connectivity index (χ3v) is 2.06. The van der Waals surface area contributed by atoms with Crippen molar-refractivity contribution >= 4 is 11.5 Å². The number of nitrogens with two attached hydrogens (primary N) is 1. The smallest absolute Gasteiger partial charge is 0.128 e. The molecule has 0 unspecified atom stereocenters. The van der Waals surface area contributed by atoms with Gasteiger partial charge < -0.3 is 15.7 Å². The van der Waals surface area contributed by atoms with Crippen molar-refractivity contribution in [1.29, 1.82) is 0 Å². The van der Waals surface area contributed by atoms with Gasteiger partial charge in [-0.15, -0.1) is 0 Å². The summed E-state index contributed by atoms with van der Waals surface area (Å²) in [4.78, 5) is 6.33. The zero-order valence-electron chi connectivity index (χ0n) is 8.48. The molecular formula is C10H17N3O. The highest BCUT2D eigenvalue weighted by Crippen LogP contribution is 2.11. The lowest BCUT2D eigenvalue weighted by molar-refractivity contribution is 0.289. The molecule has 0 aromatic carbocycles. The first-order chi connectivity index (χ1) is 6.77. The minimum Gasteiger partial charge on any atom is -0.397 e. The number of nitrogen functional groups attached to an aromatic ring is 1. The SMILES string of the molecule is CCN(CCCO)c1ccc(N)cn1. The Labute approximate surface area is 84.4 Å². The molecule has 1 aromatic rings. The quantitative estimate of drug-likeness (QED) is 0.732. The van der Waals surface area contributed by atoms with Crippen LogP contribution in [-0.2, 0) is 0 Å². The Balaban J connectivity index is 2.64. The highest BCUT2D eigenvalue weighted by Gasteiger charge is 2.03. The molecule has 0 radical (unpaired) electrons. The molecule has 0 aliphatic rings. The monoisotopic (exact) mass is 195 g/mol. The van der Waals surface area contributed by atoms with Gasteiger partial charge in [-0.3, -0.25) is 0 Å². The summed E-state index contributed by atoms with van der Waals surface area (Å²) in [7, 11) is 0. The van der Waals surface area contributed by atoms with Crippen molar-refractivity contribution in [2.75, 3.05) is 30.3 Å². The van der Waals surface area contributed by atoms with Crippen LogP contribution in [0.15, 0.2) is 18.3 Å². The van der Waals surface area contributed by atoms with Gasteiger partial charge in [0.15, 0.2) is 0 Å². The number of aliphatic hydroxyl groups is 1. The number of hydrogen-bond donors (Lipinski definition) is 2. The second-order valence-corrected chi connectivity index (χ2v) is 3.11. The third kappa shape index (κ3) is 2.88. The first-order valence-corrected chi connectivity index (χ1v) is 4.85. The van der Waals surface area contributed by atoms with E-state index in [1.165, 1.54) is 0 Å². The minimum atomic E-state index is 0.214. The Bertz CT molecular complexity index is 261. The molecular weight excluding hydrogens is 178 g/mol. The molecule has 3 N–H and O–H groups in total. The van der Waals surface area contributed by atoms with E-state index in [1.54, 1.807) is 6.20 Å². The predicted octanol–water partition coefficient (Wildman–Crippen LogP) is 0.873. The second kappa shape index (κ2) is 5.44. The molecule has 1 heterocycles. The van der Waals surface area contributed by atoms with Crippen LogP contribution in [0.2, 0.25) is 0 Å². The number of pyridine rings is 1. The summed E-state index contributed by atoms with van der Waals surface area (Å²) in [6, 6.07) is 3.74. The van der Waals surface area contributed by atoms with Crippen LogP contribution in [0.3, 0.4) is 0 Å². The summed E-state index contributed by atoms with van der Waals surface area (Å²) in [6.45, 7) is 3.99. The van der Waals surface area contributed by atoms with Gasteiger partial charge in [0.1, 0.15) is 5.82 Å². The molecule has 0 saturated heterocycles. The maximum Gasteiger partial charge on any atom is 0.128 e. The summed E-state index contributed by atoms with van der Waals surface area (Å²) < 4.78 is 0. The number of aromatic nitrogens is 1. The summed E-state index contributed by atoms with van der Waals surface area (Å²) in [6.07, 6.45) is 2.41. The van der Waals surface area contributed by atoms with Crippen molar-refractivity contribution < 1.29 is 5.11 Å². The molecule has 78 valence electrons. The predicted molar refractivity (Wildman–Crippen MR) is 58.2 cm³/mol. The summed E-state index contributed by atoms with van der Waals surface area (Å²) in [5.74, 6) is 0.912. The van der Waals surface area contributed by atoms with Crippen LogP contribution < -0.4 is 10.6 Å². The average molecular weight is 195 g/mol. The van der Waals surface area contributed by atoms with Gasteiger partial charge in [-0.1, -0.05) is 0 Å². The highest BCUT2D eigenvalue weighted by atomic mass is 16.3. The van der Waals surface area contributed by atoms with E-state index < -0.39 is 0 Å². The van der Waals surface area contributed by atoms with Crippen LogP contribution in [0.5, 0.6) is 0 Å². The lowest BCUT2D eigenvalue weighted by Gasteiger charge is -2.21. The van der Waals surface area contributed by atoms with E-state index >= 15 is 0 Å². The summed E-state index contributed by atoms with van der Waals surface area (Å²) >= 11 is 0. The maximum atomic E-state index is 8.73. The van der Waals surface area contributed by atoms with Crippen LogP contribution in [0.4, 0.5) is 11.5 Å². The van der Waals surface area contributed by atoms with Crippen LogP contribution in [0.25, 0.3) is 0 Å². The van der Waals surface area contributed by atoms with E-state index in [0.29, 0.717) is 5.69 Å². The summed E-state index contributed by atoms with van der Waals surface area (Å²) in [5, 5.41) is 8.73. The van der Waals surface area contributed by atoms with E-state index in [2.05, 4.69) is 16.8 Å². The molecule has 0 amide bonds. The molecule has 4 nitrogen and oxygen atoms in total. The number of hydrogen-bond acceptors (Lipinski definition) is 4. The molecule has 4 heteroatoms. The molecule has 0 spiro atoms. The Hall–Kier alpha value is -1.29. The first-order valence-electron chi connectivity index (χ1n) is 4.85. The third-order valence-electron chi connectivity index (χ3n) is 2.06. The van der Waals surface area contributed by atoms with E-state index in [9.17, 15) is 0 Å².